The van der Waals surface area contributed by atoms with Gasteiger partial charge in [-0.1, -0.05) is 284 Å². The summed E-state index contributed by atoms with van der Waals surface area (Å²) >= 11 is 7.78. The van der Waals surface area contributed by atoms with Crippen molar-refractivity contribution < 1.29 is 13.9 Å². The van der Waals surface area contributed by atoms with Gasteiger partial charge in [0.15, 0.2) is 0 Å². The van der Waals surface area contributed by atoms with E-state index in [1.165, 1.54) is 291 Å². The van der Waals surface area contributed by atoms with Crippen LogP contribution in [0.5, 0.6) is 17.2 Å². The molecule has 4 aliphatic rings. The van der Waals surface area contributed by atoms with Gasteiger partial charge in [0, 0.05) is 16.5 Å². The first-order valence-electron chi connectivity index (χ1n) is 49.3. The van der Waals surface area contributed by atoms with Crippen molar-refractivity contribution in [1.29, 1.82) is 0 Å². The summed E-state index contributed by atoms with van der Waals surface area (Å²) in [7, 11) is 1.57. The highest BCUT2D eigenvalue weighted by molar-refractivity contribution is 9.11. The molecule has 14 aromatic rings. The average Bonchev–Trinajstić information content (AvgIpc) is 0.715. The number of aryl methyl sites for hydroxylation is 9. The van der Waals surface area contributed by atoms with Crippen LogP contribution in [0.25, 0.3) is 99.1 Å². The lowest BCUT2D eigenvalue weighted by molar-refractivity contribution is 0.412. The molecule has 682 valence electrons. The lowest BCUT2D eigenvalue weighted by atomic mass is 9.78. The molecule has 0 saturated heterocycles. The number of benzene rings is 14. The van der Waals surface area contributed by atoms with Gasteiger partial charge in [0.05, 0.1) is 23.2 Å². The number of hydrogen-bond acceptors (Lipinski definition) is 3. The molecule has 14 aromatic carbocycles. The topological polar surface area (TPSA) is 27.7 Å². The Kier molecular flexibility index (Phi) is 31.2. The molecule has 131 heavy (non-hydrogen) atoms. The van der Waals surface area contributed by atoms with E-state index in [4.69, 9.17) is 13.9 Å². The Labute approximate surface area is 806 Å². The Balaban J connectivity index is 0.000000134. The van der Waals surface area contributed by atoms with Crippen molar-refractivity contribution in [2.45, 2.75) is 296 Å². The van der Waals surface area contributed by atoms with E-state index in [1.54, 1.807) is 34.9 Å². The van der Waals surface area contributed by atoms with E-state index in [2.05, 4.69) is 384 Å². The van der Waals surface area contributed by atoms with Crippen LogP contribution in [0.4, 0.5) is 0 Å². The molecule has 18 rings (SSSR count). The molecule has 0 N–H and O–H groups in total. The SMILES string of the molecule is COc1c(Br)cc2c(c1-c1c(C)c(C)cc3c1CCCC3)CCCC2.COc1cccc2cccc(-c3cccc4cccc(C)c34)c12.Cc1cc(C(C)C)c(-c2cccc(-c3c(C(C)C)cc(C(C)C)cc3C(C)C)c2C)c(C(C)C)c1.Cc1cc2c(c(-c3c4c(cc(Br)c3O[Si](C)(C)C(C)(C)C)CCCC4)c1C)CCCC2.Cc1cccc2cccc(-c3ccccc3)c12. The van der Waals surface area contributed by atoms with Crippen LogP contribution in [0.3, 0.4) is 0 Å². The molecule has 0 bridgehead atoms. The van der Waals surface area contributed by atoms with Crippen LogP contribution in [0, 0.1) is 55.4 Å². The fraction of sp³-hybridized carbons (Fsp3) is 0.376. The minimum absolute atomic E-state index is 0.167. The van der Waals surface area contributed by atoms with E-state index in [-0.39, 0.29) is 5.04 Å². The highest BCUT2D eigenvalue weighted by Crippen LogP contribution is 2.54. The third-order valence-electron chi connectivity index (χ3n) is 29.6. The summed E-state index contributed by atoms with van der Waals surface area (Å²) in [6.45, 7) is 53.3. The molecule has 0 amide bonds. The lowest BCUT2D eigenvalue weighted by Crippen LogP contribution is -2.44. The summed E-state index contributed by atoms with van der Waals surface area (Å²) in [5, 5.41) is 7.80. The van der Waals surface area contributed by atoms with Crippen molar-refractivity contribution in [2.75, 3.05) is 14.2 Å². The third kappa shape index (κ3) is 20.6. The second-order valence-electron chi connectivity index (χ2n) is 41.3. The fourth-order valence-electron chi connectivity index (χ4n) is 21.3. The quantitative estimate of drug-likeness (QED) is 0.0958. The Hall–Kier alpha value is -9.56. The van der Waals surface area contributed by atoms with Crippen molar-refractivity contribution in [2.24, 2.45) is 0 Å². The molecule has 0 fully saturated rings. The number of halogens is 2. The molecule has 4 aliphatic carbocycles. The number of hydrogen-bond donors (Lipinski definition) is 0. The third-order valence-corrected chi connectivity index (χ3v) is 35.1. The van der Waals surface area contributed by atoms with Crippen LogP contribution in [0.2, 0.25) is 18.1 Å². The molecular formula is C125H146Br2O3Si. The van der Waals surface area contributed by atoms with Gasteiger partial charge in [-0.25, -0.2) is 0 Å². The normalized spacial score (nSPS) is 13.6. The van der Waals surface area contributed by atoms with Crippen molar-refractivity contribution in [3.8, 4) is 84.0 Å². The van der Waals surface area contributed by atoms with E-state index in [0.29, 0.717) is 29.6 Å². The molecule has 0 aromatic heterocycles. The van der Waals surface area contributed by atoms with Crippen molar-refractivity contribution in [1.82, 2.24) is 0 Å². The summed E-state index contributed by atoms with van der Waals surface area (Å²) in [6, 6.07) is 75.5. The maximum absolute atomic E-state index is 7.13. The largest absolute Gasteiger partial charge is 0.542 e. The molecule has 3 nitrogen and oxygen atoms in total. The average molecular weight is 1880 g/mol. The van der Waals surface area contributed by atoms with Crippen LogP contribution in [-0.4, -0.2) is 22.5 Å². The van der Waals surface area contributed by atoms with Gasteiger partial charge < -0.3 is 13.9 Å². The first-order chi connectivity index (χ1) is 62.6. The van der Waals surface area contributed by atoms with Crippen molar-refractivity contribution in [3.63, 3.8) is 0 Å². The van der Waals surface area contributed by atoms with Gasteiger partial charge in [0.25, 0.3) is 8.32 Å². The van der Waals surface area contributed by atoms with Crippen molar-refractivity contribution in [3.05, 3.63) is 332 Å². The van der Waals surface area contributed by atoms with Crippen LogP contribution in [0.15, 0.2) is 215 Å². The van der Waals surface area contributed by atoms with Gasteiger partial charge in [0.1, 0.15) is 17.2 Å². The van der Waals surface area contributed by atoms with Crippen LogP contribution < -0.4 is 13.9 Å². The Morgan fingerprint density at radius 1 is 0.305 bits per heavy atom. The lowest BCUT2D eigenvalue weighted by Gasteiger charge is -2.38. The zero-order valence-electron chi connectivity index (χ0n) is 83.8. The van der Waals surface area contributed by atoms with Gasteiger partial charge in [-0.05, 0) is 450 Å². The minimum Gasteiger partial charge on any atom is -0.542 e. The monoisotopic (exact) mass is 1880 g/mol. The minimum atomic E-state index is -1.98. The standard InChI is InChI=1S/C35H48.C28H39BrOSi.C23H27BrO.C22H18O.C17H14/c1-20(2)27-18-32(23(7)8)35(33(19-27)24(9)10)29-15-13-14-28(26(29)12)34-30(21(3)4)16-25(11)17-31(34)22(5)6;1-18-16-20-12-8-10-14-22(20)25(19(18)2)26-23-15-11-9-13-21(23)17-24(29)27(26)30-31(6,7)28(3,4)5;1-14-12-16-8-4-6-10-18(16)21(15(14)2)22-19-11-7-5-9-17(19)13-20(24)23(22)25-3;1-15-7-3-8-16-9-4-12-18(21(15)16)19-13-5-10-17-11-6-14-20(23-2)22(17)19;1-13-7-5-10-15-11-6-12-16(17(13)15)14-8-3-2-4-9-14/h13-24H,1-12H3;16-17H,8-15H2,1-7H3;12-13H,4-11H2,1-3H3;3-14H,1-2H3;2-12H,1H3. The van der Waals surface area contributed by atoms with E-state index in [9.17, 15) is 0 Å². The summed E-state index contributed by atoms with van der Waals surface area (Å²) in [5.41, 5.74) is 47.5. The van der Waals surface area contributed by atoms with E-state index in [0.717, 1.165) is 26.2 Å². The zero-order chi connectivity index (χ0) is 93.8. The molecule has 0 spiro atoms. The van der Waals surface area contributed by atoms with E-state index >= 15 is 0 Å². The maximum Gasteiger partial charge on any atom is 0.250 e. The highest BCUT2D eigenvalue weighted by atomic mass is 79.9. The van der Waals surface area contributed by atoms with Crippen molar-refractivity contribution >= 4 is 72.5 Å². The van der Waals surface area contributed by atoms with Gasteiger partial charge in [0.2, 0.25) is 0 Å². The molecule has 0 radical (unpaired) electrons. The molecule has 0 atom stereocenters. The summed E-state index contributed by atoms with van der Waals surface area (Å²) in [4.78, 5) is 0. The van der Waals surface area contributed by atoms with E-state index < -0.39 is 8.32 Å². The summed E-state index contributed by atoms with van der Waals surface area (Å²) in [6.07, 6.45) is 20.0. The van der Waals surface area contributed by atoms with Crippen LogP contribution in [-0.2, 0) is 51.4 Å². The van der Waals surface area contributed by atoms with Gasteiger partial charge >= 0.3 is 0 Å². The second kappa shape index (κ2) is 41.9. The number of fused-ring (bicyclic) bond motifs is 7. The predicted molar refractivity (Wildman–Crippen MR) is 579 cm³/mol. The zero-order valence-corrected chi connectivity index (χ0v) is 88.0. The number of rotatable bonds is 15. The Morgan fingerprint density at radius 3 is 1.06 bits per heavy atom. The first-order valence-corrected chi connectivity index (χ1v) is 53.8. The predicted octanol–water partition coefficient (Wildman–Crippen LogP) is 37.4. The van der Waals surface area contributed by atoms with Gasteiger partial charge in [-0.3, -0.25) is 0 Å². The summed E-state index contributed by atoms with van der Waals surface area (Å²) < 4.78 is 21.0. The maximum atomic E-state index is 7.13. The van der Waals surface area contributed by atoms with E-state index in [1.807, 2.05) is 19.2 Å². The van der Waals surface area contributed by atoms with Crippen LogP contribution >= 0.6 is 31.9 Å². The Morgan fingerprint density at radius 2 is 0.649 bits per heavy atom. The number of methoxy groups -OCH3 is 2. The molecule has 0 unspecified atom stereocenters. The molecule has 0 aliphatic heterocycles. The molecular weight excluding hydrogens is 1740 g/mol. The summed E-state index contributed by atoms with van der Waals surface area (Å²) in [5.74, 6) is 5.50. The second-order valence-corrected chi connectivity index (χ2v) is 47.7. The first kappa shape index (κ1) is 97.5. The van der Waals surface area contributed by atoms with Crippen LogP contribution in [0.1, 0.15) is 288 Å². The Bertz CT molecular complexity index is 6440. The molecule has 0 saturated carbocycles. The molecule has 0 heterocycles. The molecule has 6 heteroatoms. The highest BCUT2D eigenvalue weighted by Gasteiger charge is 2.41. The van der Waals surface area contributed by atoms with Gasteiger partial charge in [-0.15, -0.1) is 0 Å². The smallest absolute Gasteiger partial charge is 0.250 e. The van der Waals surface area contributed by atoms with Gasteiger partial charge in [-0.2, -0.15) is 0 Å². The fourth-order valence-corrected chi connectivity index (χ4v) is 23.7. The number of ether oxygens (including phenoxy) is 2.